The van der Waals surface area contributed by atoms with E-state index < -0.39 is 11.6 Å². The molecule has 1 spiro atoms. The number of aromatic carboxylic acids is 1. The number of carboxylic acids is 1. The van der Waals surface area contributed by atoms with Crippen molar-refractivity contribution in [3.05, 3.63) is 21.9 Å². The average Bonchev–Trinajstić information content (AvgIpc) is 3.04. The van der Waals surface area contributed by atoms with E-state index in [9.17, 15) is 15.0 Å². The summed E-state index contributed by atoms with van der Waals surface area (Å²) < 4.78 is 0. The van der Waals surface area contributed by atoms with E-state index in [1.54, 1.807) is 11.4 Å². The van der Waals surface area contributed by atoms with Crippen molar-refractivity contribution < 1.29 is 15.0 Å². The van der Waals surface area contributed by atoms with Gasteiger partial charge in [-0.3, -0.25) is 0 Å². The Morgan fingerprint density at radius 3 is 2.32 bits per heavy atom. The molecule has 0 bridgehead atoms. The van der Waals surface area contributed by atoms with Crippen LogP contribution >= 0.6 is 11.3 Å². The highest BCUT2D eigenvalue weighted by Crippen LogP contribution is 2.54. The topological polar surface area (TPSA) is 57.5 Å². The molecular weight excluding hydrogens is 260 g/mol. The van der Waals surface area contributed by atoms with Crippen LogP contribution in [0.15, 0.2) is 11.4 Å². The SMILES string of the molecule is O=C(O)c1ccsc1C1(O)CCC2(CCCC2)CC1. The van der Waals surface area contributed by atoms with Gasteiger partial charge >= 0.3 is 5.97 Å². The van der Waals surface area contributed by atoms with E-state index in [-0.39, 0.29) is 5.56 Å². The van der Waals surface area contributed by atoms with Crippen molar-refractivity contribution in [2.75, 3.05) is 0 Å². The predicted octanol–water partition coefficient (Wildman–Crippen LogP) is 3.77. The zero-order valence-electron chi connectivity index (χ0n) is 11.0. The highest BCUT2D eigenvalue weighted by molar-refractivity contribution is 7.10. The first kappa shape index (κ1) is 13.1. The molecule has 4 heteroatoms. The van der Waals surface area contributed by atoms with E-state index in [0.29, 0.717) is 23.1 Å². The third-order valence-electron chi connectivity index (χ3n) is 5.12. The van der Waals surface area contributed by atoms with E-state index in [4.69, 9.17) is 0 Å². The number of hydrogen-bond donors (Lipinski definition) is 2. The lowest BCUT2D eigenvalue weighted by atomic mass is 9.67. The Balaban J connectivity index is 1.81. The Hall–Kier alpha value is -0.870. The molecule has 3 nitrogen and oxygen atoms in total. The molecule has 1 heterocycles. The quantitative estimate of drug-likeness (QED) is 0.867. The molecule has 0 aliphatic heterocycles. The monoisotopic (exact) mass is 280 g/mol. The van der Waals surface area contributed by atoms with E-state index in [2.05, 4.69) is 0 Å². The molecule has 0 radical (unpaired) electrons. The Morgan fingerprint density at radius 1 is 1.11 bits per heavy atom. The van der Waals surface area contributed by atoms with Crippen LogP contribution in [-0.2, 0) is 5.60 Å². The third-order valence-corrected chi connectivity index (χ3v) is 6.23. The van der Waals surface area contributed by atoms with E-state index >= 15 is 0 Å². The molecule has 1 aromatic heterocycles. The van der Waals surface area contributed by atoms with E-state index in [0.717, 1.165) is 12.8 Å². The minimum Gasteiger partial charge on any atom is -0.478 e. The molecule has 19 heavy (non-hydrogen) atoms. The molecule has 0 unspecified atom stereocenters. The summed E-state index contributed by atoms with van der Waals surface area (Å²) in [5.74, 6) is -0.925. The minimum atomic E-state index is -0.925. The summed E-state index contributed by atoms with van der Waals surface area (Å²) in [5.41, 5.74) is -0.169. The zero-order chi connectivity index (χ0) is 13.5. The highest BCUT2D eigenvalue weighted by atomic mass is 32.1. The van der Waals surface area contributed by atoms with Gasteiger partial charge in [0, 0.05) is 0 Å². The first-order chi connectivity index (χ1) is 9.05. The van der Waals surface area contributed by atoms with Crippen LogP contribution in [0.4, 0.5) is 0 Å². The Labute approximate surface area is 117 Å². The fourth-order valence-corrected chi connectivity index (χ4v) is 4.93. The number of rotatable bonds is 2. The first-order valence-electron chi connectivity index (χ1n) is 7.08. The molecule has 3 rings (SSSR count). The molecule has 0 amide bonds. The molecule has 1 aromatic rings. The maximum atomic E-state index is 11.2. The largest absolute Gasteiger partial charge is 0.478 e. The summed E-state index contributed by atoms with van der Waals surface area (Å²) in [4.78, 5) is 11.9. The van der Waals surface area contributed by atoms with Gasteiger partial charge in [-0.25, -0.2) is 4.79 Å². The summed E-state index contributed by atoms with van der Waals surface area (Å²) in [6, 6.07) is 1.61. The maximum absolute atomic E-state index is 11.2. The summed E-state index contributed by atoms with van der Waals surface area (Å²) in [6.07, 6.45) is 8.73. The zero-order valence-corrected chi connectivity index (χ0v) is 11.8. The number of carbonyl (C=O) groups is 1. The van der Waals surface area contributed by atoms with Gasteiger partial charge in [0.1, 0.15) is 0 Å². The van der Waals surface area contributed by atoms with Crippen molar-refractivity contribution in [3.8, 4) is 0 Å². The maximum Gasteiger partial charge on any atom is 0.336 e. The molecule has 2 fully saturated rings. The lowest BCUT2D eigenvalue weighted by Crippen LogP contribution is -2.36. The Bertz CT molecular complexity index is 475. The van der Waals surface area contributed by atoms with Gasteiger partial charge in [0.25, 0.3) is 0 Å². The summed E-state index contributed by atoms with van der Waals surface area (Å²) in [7, 11) is 0. The smallest absolute Gasteiger partial charge is 0.336 e. The van der Waals surface area contributed by atoms with Crippen LogP contribution in [0.3, 0.4) is 0 Å². The lowest BCUT2D eigenvalue weighted by molar-refractivity contribution is -0.0355. The molecule has 0 aromatic carbocycles. The standard InChI is InChI=1S/C15H20O3S/c16-13(17)11-3-10-19-12(11)15(18)8-6-14(7-9-15)4-1-2-5-14/h3,10,18H,1-2,4-9H2,(H,16,17). The predicted molar refractivity (Wildman–Crippen MR) is 74.5 cm³/mol. The van der Waals surface area contributed by atoms with Gasteiger partial charge in [-0.05, 0) is 55.4 Å². The van der Waals surface area contributed by atoms with Crippen molar-refractivity contribution in [2.45, 2.75) is 57.0 Å². The summed E-state index contributed by atoms with van der Waals surface area (Å²) >= 11 is 1.38. The van der Waals surface area contributed by atoms with E-state index in [1.165, 1.54) is 37.0 Å². The molecule has 104 valence electrons. The van der Waals surface area contributed by atoms with Gasteiger partial charge in [-0.15, -0.1) is 11.3 Å². The van der Waals surface area contributed by atoms with Gasteiger partial charge in [0.05, 0.1) is 16.0 Å². The summed E-state index contributed by atoms with van der Waals surface area (Å²) in [6.45, 7) is 0. The van der Waals surface area contributed by atoms with Crippen LogP contribution in [0, 0.1) is 5.41 Å². The van der Waals surface area contributed by atoms with E-state index in [1.807, 2.05) is 0 Å². The third kappa shape index (κ3) is 2.21. The summed E-state index contributed by atoms with van der Waals surface area (Å²) in [5, 5.41) is 21.8. The first-order valence-corrected chi connectivity index (χ1v) is 7.96. The second-order valence-electron chi connectivity index (χ2n) is 6.21. The van der Waals surface area contributed by atoms with Gasteiger partial charge in [-0.1, -0.05) is 12.8 Å². The molecule has 2 N–H and O–H groups in total. The van der Waals surface area contributed by atoms with Crippen molar-refractivity contribution in [1.29, 1.82) is 0 Å². The number of hydrogen-bond acceptors (Lipinski definition) is 3. The number of aliphatic hydroxyl groups is 1. The Kier molecular flexibility index (Phi) is 3.18. The molecular formula is C15H20O3S. The van der Waals surface area contributed by atoms with Crippen molar-refractivity contribution in [2.24, 2.45) is 5.41 Å². The minimum absolute atomic E-state index is 0.287. The number of thiophene rings is 1. The normalized spacial score (nSPS) is 24.7. The van der Waals surface area contributed by atoms with Gasteiger partial charge < -0.3 is 10.2 Å². The van der Waals surface area contributed by atoms with Gasteiger partial charge in [0.15, 0.2) is 0 Å². The van der Waals surface area contributed by atoms with Crippen LogP contribution in [0.5, 0.6) is 0 Å². The van der Waals surface area contributed by atoms with Gasteiger partial charge in [0.2, 0.25) is 0 Å². The van der Waals surface area contributed by atoms with Crippen LogP contribution in [0.1, 0.15) is 66.6 Å². The van der Waals surface area contributed by atoms with Gasteiger partial charge in [-0.2, -0.15) is 0 Å². The lowest BCUT2D eigenvalue weighted by Gasteiger charge is -2.42. The highest BCUT2D eigenvalue weighted by Gasteiger charge is 2.45. The van der Waals surface area contributed by atoms with Crippen molar-refractivity contribution >= 4 is 17.3 Å². The second-order valence-corrected chi connectivity index (χ2v) is 7.12. The average molecular weight is 280 g/mol. The van der Waals surface area contributed by atoms with Crippen LogP contribution in [0.25, 0.3) is 0 Å². The molecule has 0 saturated heterocycles. The van der Waals surface area contributed by atoms with Crippen molar-refractivity contribution in [3.63, 3.8) is 0 Å². The fraction of sp³-hybridized carbons (Fsp3) is 0.667. The van der Waals surface area contributed by atoms with Crippen LogP contribution < -0.4 is 0 Å². The molecule has 0 atom stereocenters. The Morgan fingerprint density at radius 2 is 1.74 bits per heavy atom. The van der Waals surface area contributed by atoms with Crippen LogP contribution in [-0.4, -0.2) is 16.2 Å². The molecule has 2 saturated carbocycles. The van der Waals surface area contributed by atoms with Crippen LogP contribution in [0.2, 0.25) is 0 Å². The second kappa shape index (κ2) is 4.60. The molecule has 2 aliphatic carbocycles. The fourth-order valence-electron chi connectivity index (χ4n) is 3.88. The van der Waals surface area contributed by atoms with Crippen molar-refractivity contribution in [1.82, 2.24) is 0 Å². The molecule has 2 aliphatic rings. The number of carboxylic acid groups (broad SMARTS) is 1.